The third-order valence-electron chi connectivity index (χ3n) is 10.4. The summed E-state index contributed by atoms with van der Waals surface area (Å²) in [5, 5.41) is 20.8. The minimum absolute atomic E-state index is 0.194. The quantitative estimate of drug-likeness (QED) is 0.0219. The Labute approximate surface area is 470 Å². The molecular weight excluding hydrogens is 1260 g/mol. The number of azo groups is 1. The number of hydrogen-bond donors (Lipinski definition) is 12. The van der Waals surface area contributed by atoms with Gasteiger partial charge in [-0.2, -0.15) is 85.5 Å². The Bertz CT molecular complexity index is 4660. The number of aromatic nitrogens is 6. The second-order valence-corrected chi connectivity index (χ2v) is 25.1. The summed E-state index contributed by atoms with van der Waals surface area (Å²) in [5.74, 6) is -2.75. The minimum Gasteiger partial charge on any atom is -0.396 e. The molecule has 1 aliphatic carbocycles. The van der Waals surface area contributed by atoms with Crippen molar-refractivity contribution in [3.63, 3.8) is 0 Å². The zero-order chi connectivity index (χ0) is 60.1. The van der Waals surface area contributed by atoms with E-state index in [4.69, 9.17) is 28.9 Å². The predicted molar refractivity (Wildman–Crippen MR) is 288 cm³/mol. The van der Waals surface area contributed by atoms with Gasteiger partial charge in [0.05, 0.1) is 26.7 Å². The molecule has 5 aromatic carbocycles. The van der Waals surface area contributed by atoms with Gasteiger partial charge in [0.15, 0.2) is 5.71 Å². The Balaban J connectivity index is 1.10. The van der Waals surface area contributed by atoms with E-state index in [1.54, 1.807) is 0 Å². The van der Waals surface area contributed by atoms with E-state index in [2.05, 4.69) is 71.9 Å². The summed E-state index contributed by atoms with van der Waals surface area (Å²) in [5.41, 5.74) is 1.96. The van der Waals surface area contributed by atoms with E-state index in [1.807, 2.05) is 0 Å². The van der Waals surface area contributed by atoms with Crippen molar-refractivity contribution in [2.24, 2.45) is 15.3 Å². The average molecular weight is 1290 g/mol. The molecule has 0 spiro atoms. The lowest BCUT2D eigenvalue weighted by atomic mass is 9.92. The highest BCUT2D eigenvalue weighted by Gasteiger charge is 2.37. The number of Topliss-reactive ketones (excluding diaryl/α,β-unsaturated/α-hetero) is 1. The number of fused-ring (bicyclic) bond motifs is 1. The second-order valence-electron chi connectivity index (χ2n) is 16.0. The van der Waals surface area contributed by atoms with Gasteiger partial charge in [-0.25, -0.2) is 0 Å². The Morgan fingerprint density at radius 3 is 1.30 bits per heavy atom. The monoisotopic (exact) mass is 1280 g/mol. The number of anilines is 10. The van der Waals surface area contributed by atoms with Crippen LogP contribution in [0.1, 0.15) is 15.9 Å². The molecule has 0 unspecified atom stereocenters. The highest BCUT2D eigenvalue weighted by atomic mass is 35.5. The molecule has 2 aromatic heterocycles. The van der Waals surface area contributed by atoms with E-state index in [0.717, 1.165) is 60.7 Å². The van der Waals surface area contributed by atoms with Crippen LogP contribution in [0.15, 0.2) is 136 Å². The lowest BCUT2D eigenvalue weighted by molar-refractivity contribution is 0.106. The molecule has 0 saturated carbocycles. The number of rotatable bonds is 18. The Morgan fingerprint density at radius 2 is 0.878 bits per heavy atom. The maximum atomic E-state index is 14.2. The fourth-order valence-corrected chi connectivity index (χ4v) is 10.9. The number of nitrogens with two attached hydrogens (primary N) is 1. The van der Waals surface area contributed by atoms with Crippen LogP contribution in [-0.4, -0.2) is 119 Å². The fourth-order valence-electron chi connectivity index (χ4n) is 6.97. The van der Waals surface area contributed by atoms with Crippen molar-refractivity contribution in [2.75, 3.05) is 32.4 Å². The van der Waals surface area contributed by atoms with E-state index in [1.165, 1.54) is 24.3 Å². The number of carbonyl (C=O) groups is 1. The summed E-state index contributed by atoms with van der Waals surface area (Å²) in [6.07, 6.45) is 0.470. The van der Waals surface area contributed by atoms with Crippen molar-refractivity contribution in [3.05, 3.63) is 118 Å². The zero-order valence-electron chi connectivity index (χ0n) is 39.5. The average Bonchev–Trinajstić information content (AvgIpc) is 1.51. The summed E-state index contributed by atoms with van der Waals surface area (Å²) in [6, 6.07) is 15.2. The van der Waals surface area contributed by atoms with Crippen molar-refractivity contribution in [3.8, 4) is 0 Å². The van der Waals surface area contributed by atoms with Crippen molar-refractivity contribution in [1.82, 2.24) is 29.9 Å². The SMILES string of the molecule is Nc1c(N=Nc2ccc(Nc3nc(Cl)nc(Nc4ccc(S(=O)(=O)O)cc4)n3)cc2S(=O)(=O)O)c(S(=O)(=O)O)cc2c1C(=O)/C(=N\Nc1ccc(Nc3nc(Cl)nc(Nc4ccc(S(=O)(=O)O)cc4)n3)cc1S(=O)(=O)O)C(S(=O)(=O)O)=C2. The van der Waals surface area contributed by atoms with Gasteiger partial charge in [-0.15, -0.1) is 10.2 Å². The first kappa shape index (κ1) is 59.8. The number of ketones is 1. The van der Waals surface area contributed by atoms with Crippen LogP contribution in [0, 0.1) is 0 Å². The first-order valence-electron chi connectivity index (χ1n) is 21.2. The number of halogens is 2. The van der Waals surface area contributed by atoms with Crippen LogP contribution >= 0.6 is 23.2 Å². The minimum atomic E-state index is -5.55. The highest BCUT2D eigenvalue weighted by Crippen LogP contribution is 2.42. The predicted octanol–water partition coefficient (Wildman–Crippen LogP) is 5.46. The summed E-state index contributed by atoms with van der Waals surface area (Å²) < 4.78 is 207. The molecule has 8 rings (SSSR count). The highest BCUT2D eigenvalue weighted by molar-refractivity contribution is 7.91. The number of carbonyl (C=O) groups excluding carboxylic acids is 1. The number of nitrogen functional groups attached to an aromatic ring is 1. The van der Waals surface area contributed by atoms with Gasteiger partial charge >= 0.3 is 0 Å². The largest absolute Gasteiger partial charge is 0.396 e. The molecule has 2 heterocycles. The molecule has 82 heavy (non-hydrogen) atoms. The van der Waals surface area contributed by atoms with Gasteiger partial charge in [-0.05, 0) is 126 Å². The molecule has 1 aliphatic rings. The first-order chi connectivity index (χ1) is 38.0. The van der Waals surface area contributed by atoms with Crippen LogP contribution in [0.25, 0.3) is 6.08 Å². The van der Waals surface area contributed by atoms with Gasteiger partial charge in [0, 0.05) is 22.7 Å². The Hall–Kier alpha value is -8.36. The van der Waals surface area contributed by atoms with Crippen LogP contribution in [0.5, 0.6) is 0 Å². The standard InChI is InChI=1S/C40H29Cl2N15O19S6/c41-35-48-37(44-18-1-7-22(8-2-18)77(59,60)61)52-39(50-35)46-20-5-11-24(26(15-20)79(65,66)67)54-56-32-28(81(71,72)73)13-17-14-29(82(74,75)76)33(34(58)30(17)31(32)43)57-55-25-12-6-21(16-27(25)80(68,69)70)47-40-51-36(42)49-38(53-40)45-19-3-9-23(10-4-19)78(62,63)64/h1-16,55H,43H2,(H,59,60,61)(H,62,63,64)(H,65,66,67)(H,68,69,70)(H,71,72,73)(H,74,75,76)(H2,44,46,48,50,52)(H2,45,47,49,51,53)/b56-54?,57-33-. The molecule has 0 amide bonds. The molecule has 42 heteroatoms. The number of nitrogens with zero attached hydrogens (tertiary/aromatic N) is 9. The second kappa shape index (κ2) is 22.2. The first-order valence-corrected chi connectivity index (χ1v) is 30.6. The number of allylic oxidation sites excluding steroid dienone is 1. The smallest absolute Gasteiger partial charge is 0.296 e. The maximum absolute atomic E-state index is 14.2. The van der Waals surface area contributed by atoms with E-state index in [0.29, 0.717) is 12.1 Å². The van der Waals surface area contributed by atoms with Gasteiger partial charge < -0.3 is 27.0 Å². The van der Waals surface area contributed by atoms with Gasteiger partial charge in [0.25, 0.3) is 60.7 Å². The number of benzene rings is 5. The van der Waals surface area contributed by atoms with Crippen molar-refractivity contribution in [1.29, 1.82) is 0 Å². The van der Waals surface area contributed by atoms with Gasteiger partial charge in [-0.3, -0.25) is 37.5 Å². The van der Waals surface area contributed by atoms with E-state index < -0.39 is 146 Å². The molecular formula is C40H29Cl2N15O19S6. The summed E-state index contributed by atoms with van der Waals surface area (Å²) in [7, 11) is -30.7. The Kier molecular flexibility index (Phi) is 16.2. The van der Waals surface area contributed by atoms with Crippen molar-refractivity contribution in [2.45, 2.75) is 24.5 Å². The van der Waals surface area contributed by atoms with E-state index in [9.17, 15) is 82.6 Å². The maximum Gasteiger partial charge on any atom is 0.296 e. The summed E-state index contributed by atoms with van der Waals surface area (Å²) >= 11 is 12.1. The van der Waals surface area contributed by atoms with E-state index >= 15 is 0 Å². The molecule has 0 bridgehead atoms. The lowest BCUT2D eigenvalue weighted by Gasteiger charge is -2.20. The van der Waals surface area contributed by atoms with Crippen LogP contribution in [0.4, 0.5) is 69.3 Å². The molecule has 0 fully saturated rings. The molecule has 0 radical (unpaired) electrons. The fraction of sp³-hybridized carbons (Fsp3) is 0. The molecule has 428 valence electrons. The van der Waals surface area contributed by atoms with Crippen molar-refractivity contribution < 1.29 is 82.6 Å². The summed E-state index contributed by atoms with van der Waals surface area (Å²) in [4.78, 5) is 32.3. The third kappa shape index (κ3) is 14.0. The molecule has 0 atom stereocenters. The molecule has 13 N–H and O–H groups in total. The van der Waals surface area contributed by atoms with Crippen LogP contribution in [0.2, 0.25) is 10.6 Å². The molecule has 0 aliphatic heterocycles. The van der Waals surface area contributed by atoms with Crippen LogP contribution in [-0.2, 0) is 60.7 Å². The normalized spacial score (nSPS) is 13.8. The molecule has 0 saturated heterocycles. The molecule has 7 aromatic rings. The van der Waals surface area contributed by atoms with Crippen LogP contribution in [0.3, 0.4) is 0 Å². The molecule has 34 nitrogen and oxygen atoms in total. The van der Waals surface area contributed by atoms with E-state index in [-0.39, 0.29) is 46.5 Å². The van der Waals surface area contributed by atoms with Crippen LogP contribution < -0.4 is 32.4 Å². The number of hydrogen-bond acceptors (Lipinski definition) is 28. The van der Waals surface area contributed by atoms with Gasteiger partial charge in [0.2, 0.25) is 40.1 Å². The third-order valence-corrected chi connectivity index (χ3v) is 16.0. The van der Waals surface area contributed by atoms with Gasteiger partial charge in [0.1, 0.15) is 31.0 Å². The topological polar surface area (TPSA) is 544 Å². The zero-order valence-corrected chi connectivity index (χ0v) is 45.9. The lowest BCUT2D eigenvalue weighted by Crippen LogP contribution is -2.28. The Morgan fingerprint density at radius 1 is 0.463 bits per heavy atom. The number of hydrazone groups is 1. The number of nitrogens with one attached hydrogen (secondary N) is 5. The summed E-state index contributed by atoms with van der Waals surface area (Å²) in [6.45, 7) is 0. The van der Waals surface area contributed by atoms with Crippen molar-refractivity contribution >= 4 is 171 Å². The van der Waals surface area contributed by atoms with Gasteiger partial charge in [-0.1, -0.05) is 0 Å².